The summed E-state index contributed by atoms with van der Waals surface area (Å²) in [5, 5.41) is 0. The summed E-state index contributed by atoms with van der Waals surface area (Å²) in [5.41, 5.74) is 8.16. The van der Waals surface area contributed by atoms with Crippen molar-refractivity contribution in [3.8, 4) is 0 Å². The Labute approximate surface area is 96.2 Å². The number of hydrogen-bond donors (Lipinski definition) is 1. The van der Waals surface area contributed by atoms with E-state index >= 15 is 0 Å². The maximum atomic E-state index is 5.59. The van der Waals surface area contributed by atoms with Gasteiger partial charge in [0.1, 0.15) is 0 Å². The van der Waals surface area contributed by atoms with Crippen LogP contribution in [-0.4, -0.2) is 19.5 Å². The second-order valence-corrected chi connectivity index (χ2v) is 4.53. The molecule has 0 atom stereocenters. The van der Waals surface area contributed by atoms with Crippen molar-refractivity contribution in [1.29, 1.82) is 0 Å². The fraction of sp³-hybridized carbons (Fsp3) is 0.500. The predicted octanol–water partition coefficient (Wildman–Crippen LogP) is 2.42. The first kappa shape index (κ1) is 12.6. The van der Waals surface area contributed by atoms with Gasteiger partial charge >= 0.3 is 0 Å². The average Bonchev–Trinajstić information content (AvgIpc) is 2.29. The number of methoxy groups -OCH3 is 1. The lowest BCUT2D eigenvalue weighted by molar-refractivity contribution is 0.200. The topological polar surface area (TPSA) is 35.2 Å². The van der Waals surface area contributed by atoms with Crippen molar-refractivity contribution in [1.82, 2.24) is 0 Å². The van der Waals surface area contributed by atoms with Gasteiger partial charge in [-0.05, 0) is 23.3 Å². The monoisotopic (exact) mass is 225 g/mol. The van der Waals surface area contributed by atoms with E-state index in [0.29, 0.717) is 6.54 Å². The second-order valence-electron chi connectivity index (χ2n) is 3.42. The molecule has 15 heavy (non-hydrogen) atoms. The molecular formula is C12H19NOS. The van der Waals surface area contributed by atoms with Crippen LogP contribution in [0.5, 0.6) is 0 Å². The van der Waals surface area contributed by atoms with Gasteiger partial charge in [0.05, 0.1) is 0 Å². The van der Waals surface area contributed by atoms with Crippen LogP contribution in [-0.2, 0) is 17.0 Å². The number of nitrogens with two attached hydrogens (primary N) is 1. The molecule has 1 aromatic rings. The van der Waals surface area contributed by atoms with Crippen LogP contribution in [0.1, 0.15) is 17.5 Å². The molecule has 0 aliphatic heterocycles. The SMILES string of the molecule is COCCCSCc1cccc(CN)c1. The zero-order valence-corrected chi connectivity index (χ0v) is 10.1. The Morgan fingerprint density at radius 1 is 1.33 bits per heavy atom. The van der Waals surface area contributed by atoms with Crippen LogP contribution in [0.2, 0.25) is 0 Å². The maximum absolute atomic E-state index is 5.59. The van der Waals surface area contributed by atoms with Gasteiger partial charge in [-0.1, -0.05) is 24.3 Å². The van der Waals surface area contributed by atoms with Crippen molar-refractivity contribution in [2.75, 3.05) is 19.5 Å². The first-order chi connectivity index (χ1) is 7.36. The number of rotatable bonds is 7. The summed E-state index contributed by atoms with van der Waals surface area (Å²) in [6, 6.07) is 8.48. The minimum atomic E-state index is 0.627. The minimum absolute atomic E-state index is 0.627. The third kappa shape index (κ3) is 5.21. The second kappa shape index (κ2) is 7.74. The summed E-state index contributed by atoms with van der Waals surface area (Å²) in [5.74, 6) is 2.22. The highest BCUT2D eigenvalue weighted by Gasteiger charge is 1.95. The fourth-order valence-corrected chi connectivity index (χ4v) is 2.22. The molecule has 84 valence electrons. The molecule has 0 aromatic heterocycles. The first-order valence-corrected chi connectivity index (χ1v) is 6.37. The van der Waals surface area contributed by atoms with E-state index in [2.05, 4.69) is 24.3 Å². The summed E-state index contributed by atoms with van der Waals surface area (Å²) in [6.45, 7) is 1.48. The third-order valence-electron chi connectivity index (χ3n) is 2.13. The molecule has 0 fully saturated rings. The molecule has 0 unspecified atom stereocenters. The molecule has 1 aromatic carbocycles. The Bertz CT molecular complexity index is 278. The Morgan fingerprint density at radius 3 is 2.87 bits per heavy atom. The number of ether oxygens (including phenoxy) is 1. The summed E-state index contributed by atoms with van der Waals surface area (Å²) >= 11 is 1.94. The highest BCUT2D eigenvalue weighted by atomic mass is 32.2. The number of hydrogen-bond acceptors (Lipinski definition) is 3. The zero-order valence-electron chi connectivity index (χ0n) is 9.24. The van der Waals surface area contributed by atoms with Crippen LogP contribution in [0.15, 0.2) is 24.3 Å². The molecule has 0 amide bonds. The van der Waals surface area contributed by atoms with E-state index in [9.17, 15) is 0 Å². The van der Waals surface area contributed by atoms with Gasteiger partial charge in [-0.3, -0.25) is 0 Å². The van der Waals surface area contributed by atoms with Gasteiger partial charge in [0.25, 0.3) is 0 Å². The van der Waals surface area contributed by atoms with Gasteiger partial charge in [-0.2, -0.15) is 11.8 Å². The Morgan fingerprint density at radius 2 is 2.13 bits per heavy atom. The third-order valence-corrected chi connectivity index (χ3v) is 3.25. The molecule has 2 nitrogen and oxygen atoms in total. The van der Waals surface area contributed by atoms with Crippen LogP contribution < -0.4 is 5.73 Å². The van der Waals surface area contributed by atoms with E-state index in [1.54, 1.807) is 7.11 Å². The molecule has 0 heterocycles. The highest BCUT2D eigenvalue weighted by Crippen LogP contribution is 2.14. The molecular weight excluding hydrogens is 206 g/mol. The summed E-state index contributed by atoms with van der Waals surface area (Å²) in [7, 11) is 1.75. The highest BCUT2D eigenvalue weighted by molar-refractivity contribution is 7.98. The van der Waals surface area contributed by atoms with Gasteiger partial charge in [0.2, 0.25) is 0 Å². The van der Waals surface area contributed by atoms with Crippen LogP contribution in [0, 0.1) is 0 Å². The zero-order chi connectivity index (χ0) is 10.9. The van der Waals surface area contributed by atoms with E-state index in [1.165, 1.54) is 11.1 Å². The van der Waals surface area contributed by atoms with Crippen molar-refractivity contribution in [3.05, 3.63) is 35.4 Å². The van der Waals surface area contributed by atoms with Crippen molar-refractivity contribution in [3.63, 3.8) is 0 Å². The molecule has 0 saturated heterocycles. The number of benzene rings is 1. The molecule has 1 rings (SSSR count). The fourth-order valence-electron chi connectivity index (χ4n) is 1.34. The smallest absolute Gasteiger partial charge is 0.0470 e. The van der Waals surface area contributed by atoms with Crippen molar-refractivity contribution < 1.29 is 4.74 Å². The lowest BCUT2D eigenvalue weighted by Crippen LogP contribution is -1.96. The molecule has 0 aliphatic carbocycles. The molecule has 2 N–H and O–H groups in total. The van der Waals surface area contributed by atoms with Gasteiger partial charge in [0, 0.05) is 26.0 Å². The lowest BCUT2D eigenvalue weighted by Gasteiger charge is -2.03. The van der Waals surface area contributed by atoms with E-state index in [0.717, 1.165) is 24.5 Å². The standard InChI is InChI=1S/C12H19NOS/c1-14-6-3-7-15-10-12-5-2-4-11(8-12)9-13/h2,4-5,8H,3,6-7,9-10,13H2,1H3. The van der Waals surface area contributed by atoms with Crippen LogP contribution in [0.4, 0.5) is 0 Å². The molecule has 0 spiro atoms. The van der Waals surface area contributed by atoms with E-state index in [-0.39, 0.29) is 0 Å². The largest absolute Gasteiger partial charge is 0.385 e. The quantitative estimate of drug-likeness (QED) is 0.724. The minimum Gasteiger partial charge on any atom is -0.385 e. The summed E-state index contributed by atoms with van der Waals surface area (Å²) in [6.07, 6.45) is 1.12. The molecule has 0 bridgehead atoms. The van der Waals surface area contributed by atoms with Crippen LogP contribution >= 0.6 is 11.8 Å². The van der Waals surface area contributed by atoms with Crippen molar-refractivity contribution in [2.45, 2.75) is 18.7 Å². The first-order valence-electron chi connectivity index (χ1n) is 5.21. The number of thioether (sulfide) groups is 1. The average molecular weight is 225 g/mol. The van der Waals surface area contributed by atoms with Crippen LogP contribution in [0.3, 0.4) is 0 Å². The normalized spacial score (nSPS) is 10.5. The van der Waals surface area contributed by atoms with Crippen molar-refractivity contribution in [2.24, 2.45) is 5.73 Å². The van der Waals surface area contributed by atoms with Crippen molar-refractivity contribution >= 4 is 11.8 Å². The molecule has 0 aliphatic rings. The van der Waals surface area contributed by atoms with Crippen LogP contribution in [0.25, 0.3) is 0 Å². The van der Waals surface area contributed by atoms with Gasteiger partial charge in [-0.25, -0.2) is 0 Å². The Kier molecular flexibility index (Phi) is 6.48. The van der Waals surface area contributed by atoms with E-state index < -0.39 is 0 Å². The molecule has 0 saturated carbocycles. The van der Waals surface area contributed by atoms with E-state index in [4.69, 9.17) is 10.5 Å². The van der Waals surface area contributed by atoms with Gasteiger partial charge in [-0.15, -0.1) is 0 Å². The Hall–Kier alpha value is -0.510. The molecule has 3 heteroatoms. The van der Waals surface area contributed by atoms with E-state index in [1.807, 2.05) is 11.8 Å². The summed E-state index contributed by atoms with van der Waals surface area (Å²) in [4.78, 5) is 0. The lowest BCUT2D eigenvalue weighted by atomic mass is 10.1. The Balaban J connectivity index is 2.24. The summed E-state index contributed by atoms with van der Waals surface area (Å²) < 4.78 is 5.00. The maximum Gasteiger partial charge on any atom is 0.0470 e. The van der Waals surface area contributed by atoms with Gasteiger partial charge in [0.15, 0.2) is 0 Å². The molecule has 0 radical (unpaired) electrons. The van der Waals surface area contributed by atoms with Gasteiger partial charge < -0.3 is 10.5 Å². The predicted molar refractivity (Wildman–Crippen MR) is 67.0 cm³/mol.